The Morgan fingerprint density at radius 2 is 1.77 bits per heavy atom. The molecule has 164 valence electrons. The Bertz CT molecular complexity index is 1140. The van der Waals surface area contributed by atoms with Gasteiger partial charge in [0.25, 0.3) is 0 Å². The van der Waals surface area contributed by atoms with Gasteiger partial charge >= 0.3 is 0 Å². The van der Waals surface area contributed by atoms with Gasteiger partial charge in [-0.05, 0) is 36.5 Å². The van der Waals surface area contributed by atoms with Crippen LogP contribution in [-0.4, -0.2) is 58.5 Å². The van der Waals surface area contributed by atoms with E-state index in [9.17, 15) is 13.2 Å². The summed E-state index contributed by atoms with van der Waals surface area (Å²) in [6.45, 7) is 3.51. The van der Waals surface area contributed by atoms with Crippen LogP contribution in [-0.2, 0) is 21.2 Å². The Morgan fingerprint density at radius 3 is 2.52 bits per heavy atom. The number of carbonyl (C=O) groups is 1. The van der Waals surface area contributed by atoms with Crippen molar-refractivity contribution in [2.75, 3.05) is 26.2 Å². The van der Waals surface area contributed by atoms with Gasteiger partial charge in [0.2, 0.25) is 15.9 Å². The Morgan fingerprint density at radius 1 is 1.03 bits per heavy atom. The lowest BCUT2D eigenvalue weighted by Gasteiger charge is -2.34. The van der Waals surface area contributed by atoms with Crippen LogP contribution in [0.15, 0.2) is 53.4 Å². The van der Waals surface area contributed by atoms with Crippen LogP contribution in [0.2, 0.25) is 0 Å². The molecule has 7 nitrogen and oxygen atoms in total. The molecule has 1 saturated heterocycles. The highest BCUT2D eigenvalue weighted by Crippen LogP contribution is 2.25. The largest absolute Gasteiger partial charge is 0.340 e. The highest BCUT2D eigenvalue weighted by atomic mass is 32.2. The third kappa shape index (κ3) is 4.94. The van der Waals surface area contributed by atoms with E-state index in [1.54, 1.807) is 23.1 Å². The number of carbonyl (C=O) groups excluding carboxylic acids is 1. The minimum Gasteiger partial charge on any atom is -0.340 e. The maximum Gasteiger partial charge on any atom is 0.245 e. The Labute approximate surface area is 187 Å². The second-order valence-corrected chi connectivity index (χ2v) is 10.4. The van der Waals surface area contributed by atoms with E-state index in [0.717, 1.165) is 24.6 Å². The first-order chi connectivity index (χ1) is 14.9. The molecular formula is C22H26N4O3S2. The molecule has 0 N–H and O–H groups in total. The van der Waals surface area contributed by atoms with Crippen molar-refractivity contribution in [3.05, 3.63) is 54.1 Å². The third-order valence-corrected chi connectivity index (χ3v) is 8.22. The minimum atomic E-state index is -3.67. The highest BCUT2D eigenvalue weighted by molar-refractivity contribution is 7.89. The van der Waals surface area contributed by atoms with Crippen molar-refractivity contribution in [3.8, 4) is 0 Å². The number of hydrogen-bond acceptors (Lipinski definition) is 6. The van der Waals surface area contributed by atoms with Gasteiger partial charge in [0.1, 0.15) is 15.9 Å². The fraction of sp³-hybridized carbons (Fsp3) is 0.409. The summed E-state index contributed by atoms with van der Waals surface area (Å²) in [4.78, 5) is 14.7. The van der Waals surface area contributed by atoms with Crippen molar-refractivity contribution in [2.24, 2.45) is 5.92 Å². The van der Waals surface area contributed by atoms with Gasteiger partial charge < -0.3 is 4.90 Å². The molecule has 1 aliphatic rings. The molecule has 2 aromatic carbocycles. The average molecular weight is 459 g/mol. The monoisotopic (exact) mass is 458 g/mol. The summed E-state index contributed by atoms with van der Waals surface area (Å²) in [6.07, 6.45) is 2.40. The first kappa shape index (κ1) is 21.9. The van der Waals surface area contributed by atoms with Crippen LogP contribution in [0.4, 0.5) is 0 Å². The fourth-order valence-electron chi connectivity index (χ4n) is 3.89. The van der Waals surface area contributed by atoms with E-state index >= 15 is 0 Å². The zero-order chi connectivity index (χ0) is 21.8. The number of aryl methyl sites for hydroxylation is 1. The summed E-state index contributed by atoms with van der Waals surface area (Å²) in [5.41, 5.74) is 2.29. The van der Waals surface area contributed by atoms with Crippen LogP contribution in [0.25, 0.3) is 11.0 Å². The number of aromatic nitrogens is 2. The number of hydrogen-bond donors (Lipinski definition) is 0. The smallest absolute Gasteiger partial charge is 0.245 e. The molecule has 9 heteroatoms. The first-order valence-electron chi connectivity index (χ1n) is 10.5. The molecule has 0 aliphatic carbocycles. The quantitative estimate of drug-likeness (QED) is 0.543. The molecule has 4 rings (SSSR count). The van der Waals surface area contributed by atoms with Crippen LogP contribution < -0.4 is 0 Å². The van der Waals surface area contributed by atoms with Crippen molar-refractivity contribution < 1.29 is 13.2 Å². The van der Waals surface area contributed by atoms with Gasteiger partial charge in [-0.2, -0.15) is 13.1 Å². The molecule has 1 aromatic heterocycles. The van der Waals surface area contributed by atoms with Crippen LogP contribution in [0.3, 0.4) is 0 Å². The van der Waals surface area contributed by atoms with Gasteiger partial charge in [0.05, 0.1) is 11.7 Å². The standard InChI is InChI=1S/C22H26N4O3S2/c1-17(10-11-18-6-3-2-4-7-18)16-21(27)25-12-14-26(15-13-25)31(28,29)20-9-5-8-19-22(20)24-30-23-19/h2-9,17H,10-16H2,1H3. The maximum absolute atomic E-state index is 13.1. The minimum absolute atomic E-state index is 0.100. The van der Waals surface area contributed by atoms with Crippen LogP contribution in [0, 0.1) is 5.92 Å². The topological polar surface area (TPSA) is 83.5 Å². The normalized spacial score (nSPS) is 16.5. The van der Waals surface area contributed by atoms with E-state index in [1.807, 2.05) is 18.2 Å². The van der Waals surface area contributed by atoms with Gasteiger partial charge in [-0.15, -0.1) is 0 Å². The van der Waals surface area contributed by atoms with Crippen molar-refractivity contribution in [2.45, 2.75) is 31.1 Å². The zero-order valence-corrected chi connectivity index (χ0v) is 19.1. The molecule has 0 bridgehead atoms. The van der Waals surface area contributed by atoms with E-state index in [4.69, 9.17) is 0 Å². The van der Waals surface area contributed by atoms with Crippen LogP contribution in [0.1, 0.15) is 25.3 Å². The van der Waals surface area contributed by atoms with Gasteiger partial charge in [-0.1, -0.05) is 43.3 Å². The molecule has 3 aromatic rings. The Hall–Kier alpha value is -2.36. The Kier molecular flexibility index (Phi) is 6.64. The predicted molar refractivity (Wildman–Crippen MR) is 121 cm³/mol. The summed E-state index contributed by atoms with van der Waals surface area (Å²) >= 11 is 1.01. The summed E-state index contributed by atoms with van der Waals surface area (Å²) in [5, 5.41) is 0. The van der Waals surface area contributed by atoms with E-state index in [1.165, 1.54) is 9.87 Å². The second-order valence-electron chi connectivity index (χ2n) is 8.01. The van der Waals surface area contributed by atoms with Crippen molar-refractivity contribution in [3.63, 3.8) is 0 Å². The summed E-state index contributed by atoms with van der Waals surface area (Å²) in [7, 11) is -3.67. The lowest BCUT2D eigenvalue weighted by Crippen LogP contribution is -2.50. The molecule has 0 saturated carbocycles. The molecular weight excluding hydrogens is 432 g/mol. The fourth-order valence-corrected chi connectivity index (χ4v) is 6.07. The van der Waals surface area contributed by atoms with E-state index in [0.29, 0.717) is 43.6 Å². The molecule has 31 heavy (non-hydrogen) atoms. The predicted octanol–water partition coefficient (Wildman–Crippen LogP) is 3.18. The van der Waals surface area contributed by atoms with Gasteiger partial charge in [0, 0.05) is 32.6 Å². The number of nitrogens with zero attached hydrogens (tertiary/aromatic N) is 4. The van der Waals surface area contributed by atoms with Crippen molar-refractivity contribution in [1.82, 2.24) is 18.0 Å². The van der Waals surface area contributed by atoms with Gasteiger partial charge in [-0.3, -0.25) is 4.79 Å². The van der Waals surface area contributed by atoms with E-state index < -0.39 is 10.0 Å². The highest BCUT2D eigenvalue weighted by Gasteiger charge is 2.32. The van der Waals surface area contributed by atoms with Crippen molar-refractivity contribution in [1.29, 1.82) is 0 Å². The van der Waals surface area contributed by atoms with Crippen LogP contribution in [0.5, 0.6) is 0 Å². The number of piperazine rings is 1. The molecule has 1 unspecified atom stereocenters. The van der Waals surface area contributed by atoms with Gasteiger partial charge in [-0.25, -0.2) is 8.42 Å². The van der Waals surface area contributed by atoms with Crippen molar-refractivity contribution >= 4 is 38.7 Å². The number of amides is 1. The lowest BCUT2D eigenvalue weighted by atomic mass is 9.97. The SMILES string of the molecule is CC(CCc1ccccc1)CC(=O)N1CCN(S(=O)(=O)c2cccc3nsnc23)CC1. The molecule has 0 spiro atoms. The molecule has 0 radical (unpaired) electrons. The van der Waals surface area contributed by atoms with E-state index in [-0.39, 0.29) is 16.7 Å². The first-order valence-corrected chi connectivity index (χ1v) is 12.7. The molecule has 1 atom stereocenters. The second kappa shape index (κ2) is 9.42. The Balaban J connectivity index is 1.31. The number of fused-ring (bicyclic) bond motifs is 1. The van der Waals surface area contributed by atoms with Crippen LogP contribution >= 0.6 is 11.7 Å². The lowest BCUT2D eigenvalue weighted by molar-refractivity contribution is -0.133. The number of benzene rings is 2. The molecule has 1 fully saturated rings. The average Bonchev–Trinajstić information content (AvgIpc) is 3.27. The number of sulfonamides is 1. The molecule has 2 heterocycles. The summed E-state index contributed by atoms with van der Waals surface area (Å²) in [6, 6.07) is 15.3. The molecule has 1 aliphatic heterocycles. The summed E-state index contributed by atoms with van der Waals surface area (Å²) < 4.78 is 36.0. The zero-order valence-electron chi connectivity index (χ0n) is 17.5. The van der Waals surface area contributed by atoms with Gasteiger partial charge in [0.15, 0.2) is 0 Å². The summed E-state index contributed by atoms with van der Waals surface area (Å²) in [5.74, 6) is 0.382. The third-order valence-electron chi connectivity index (χ3n) is 5.75. The number of rotatable bonds is 7. The van der Waals surface area contributed by atoms with E-state index in [2.05, 4.69) is 27.8 Å². The molecule has 1 amide bonds. The maximum atomic E-state index is 13.1.